The SMILES string of the molecule is CCN1CCN(S(=O)(=O)c2ccc(NC(=O)c3ccc4ccccc4n3)cc2)CC1. The Kier molecular flexibility index (Phi) is 5.80. The maximum absolute atomic E-state index is 12.9. The van der Waals surface area contributed by atoms with Crippen molar-refractivity contribution in [1.29, 1.82) is 0 Å². The van der Waals surface area contributed by atoms with Gasteiger partial charge in [-0.3, -0.25) is 4.79 Å². The molecule has 0 radical (unpaired) electrons. The number of pyridine rings is 1. The minimum absolute atomic E-state index is 0.231. The quantitative estimate of drug-likeness (QED) is 0.681. The molecule has 156 valence electrons. The summed E-state index contributed by atoms with van der Waals surface area (Å²) < 4.78 is 27.3. The lowest BCUT2D eigenvalue weighted by Gasteiger charge is -2.33. The van der Waals surface area contributed by atoms with Gasteiger partial charge in [-0.05, 0) is 42.9 Å². The zero-order chi connectivity index (χ0) is 21.1. The Morgan fingerprint density at radius 1 is 0.967 bits per heavy atom. The number of likely N-dealkylation sites (N-methyl/N-ethyl adjacent to an activating group) is 1. The number of aromatic nitrogens is 1. The Hall–Kier alpha value is -2.81. The van der Waals surface area contributed by atoms with Crippen LogP contribution in [0.4, 0.5) is 5.69 Å². The third-order valence-electron chi connectivity index (χ3n) is 5.36. The first kappa shape index (κ1) is 20.5. The molecule has 1 saturated heterocycles. The van der Waals surface area contributed by atoms with E-state index in [1.54, 1.807) is 18.2 Å². The minimum atomic E-state index is -3.53. The molecule has 2 heterocycles. The van der Waals surface area contributed by atoms with Gasteiger partial charge in [0.1, 0.15) is 5.69 Å². The number of amides is 1. The second kappa shape index (κ2) is 8.51. The van der Waals surface area contributed by atoms with Crippen molar-refractivity contribution in [2.45, 2.75) is 11.8 Å². The van der Waals surface area contributed by atoms with Crippen LogP contribution in [0.25, 0.3) is 10.9 Å². The van der Waals surface area contributed by atoms with Crippen molar-refractivity contribution in [2.75, 3.05) is 38.0 Å². The van der Waals surface area contributed by atoms with Crippen molar-refractivity contribution < 1.29 is 13.2 Å². The van der Waals surface area contributed by atoms with Gasteiger partial charge in [-0.2, -0.15) is 4.31 Å². The van der Waals surface area contributed by atoms with Crippen LogP contribution in [0.15, 0.2) is 65.6 Å². The molecule has 0 unspecified atom stereocenters. The van der Waals surface area contributed by atoms with Crippen LogP contribution >= 0.6 is 0 Å². The maximum Gasteiger partial charge on any atom is 0.274 e. The summed E-state index contributed by atoms with van der Waals surface area (Å²) in [5.41, 5.74) is 1.57. The average molecular weight is 425 g/mol. The van der Waals surface area contributed by atoms with E-state index in [2.05, 4.69) is 22.1 Å². The Morgan fingerprint density at radius 2 is 1.67 bits per heavy atom. The number of nitrogens with one attached hydrogen (secondary N) is 1. The van der Waals surface area contributed by atoms with E-state index in [-0.39, 0.29) is 10.8 Å². The first-order valence-corrected chi connectivity index (χ1v) is 11.4. The largest absolute Gasteiger partial charge is 0.321 e. The summed E-state index contributed by atoms with van der Waals surface area (Å²) in [4.78, 5) is 19.4. The van der Waals surface area contributed by atoms with Gasteiger partial charge in [0.05, 0.1) is 10.4 Å². The molecule has 1 aliphatic rings. The average Bonchev–Trinajstić information content (AvgIpc) is 2.79. The van der Waals surface area contributed by atoms with Crippen LogP contribution in [0.3, 0.4) is 0 Å². The van der Waals surface area contributed by atoms with Crippen molar-refractivity contribution in [1.82, 2.24) is 14.2 Å². The number of carbonyl (C=O) groups excluding carboxylic acids is 1. The normalized spacial score (nSPS) is 15.9. The van der Waals surface area contributed by atoms with Crippen LogP contribution in [0.2, 0.25) is 0 Å². The van der Waals surface area contributed by atoms with Crippen molar-refractivity contribution in [3.8, 4) is 0 Å². The van der Waals surface area contributed by atoms with Crippen molar-refractivity contribution >= 4 is 32.5 Å². The minimum Gasteiger partial charge on any atom is -0.321 e. The molecule has 0 aliphatic carbocycles. The van der Waals surface area contributed by atoms with Crippen LogP contribution in [0.1, 0.15) is 17.4 Å². The number of benzene rings is 2. The lowest BCUT2D eigenvalue weighted by molar-refractivity contribution is 0.102. The van der Waals surface area contributed by atoms with E-state index in [1.807, 2.05) is 30.3 Å². The third-order valence-corrected chi connectivity index (χ3v) is 7.27. The van der Waals surface area contributed by atoms with Crippen LogP contribution in [-0.4, -0.2) is 61.2 Å². The van der Waals surface area contributed by atoms with Gasteiger partial charge in [0.2, 0.25) is 10.0 Å². The molecule has 1 N–H and O–H groups in total. The molecule has 0 spiro atoms. The molecule has 7 nitrogen and oxygen atoms in total. The molecule has 1 aliphatic heterocycles. The molecule has 30 heavy (non-hydrogen) atoms. The Bertz CT molecular complexity index is 1150. The first-order valence-electron chi connectivity index (χ1n) is 9.97. The predicted octanol–water partition coefficient (Wildman–Crippen LogP) is 2.81. The summed E-state index contributed by atoms with van der Waals surface area (Å²) in [5.74, 6) is -0.341. The highest BCUT2D eigenvalue weighted by Crippen LogP contribution is 2.20. The monoisotopic (exact) mass is 424 g/mol. The Balaban J connectivity index is 1.45. The van der Waals surface area contributed by atoms with E-state index in [4.69, 9.17) is 0 Å². The van der Waals surface area contributed by atoms with Gasteiger partial charge in [-0.15, -0.1) is 0 Å². The zero-order valence-electron chi connectivity index (χ0n) is 16.8. The highest BCUT2D eigenvalue weighted by molar-refractivity contribution is 7.89. The summed E-state index contributed by atoms with van der Waals surface area (Å²) in [7, 11) is -3.53. The number of hydrogen-bond donors (Lipinski definition) is 1. The maximum atomic E-state index is 12.9. The number of piperazine rings is 1. The molecule has 1 fully saturated rings. The van der Waals surface area contributed by atoms with E-state index in [0.717, 1.165) is 30.5 Å². The number of sulfonamides is 1. The number of nitrogens with zero attached hydrogens (tertiary/aromatic N) is 3. The van der Waals surface area contributed by atoms with E-state index in [0.29, 0.717) is 24.5 Å². The van der Waals surface area contributed by atoms with Gasteiger partial charge in [0.25, 0.3) is 5.91 Å². The van der Waals surface area contributed by atoms with E-state index < -0.39 is 10.0 Å². The topological polar surface area (TPSA) is 82.6 Å². The molecule has 2 aromatic carbocycles. The highest BCUT2D eigenvalue weighted by atomic mass is 32.2. The number of carbonyl (C=O) groups is 1. The smallest absolute Gasteiger partial charge is 0.274 e. The first-order chi connectivity index (χ1) is 14.5. The molecule has 3 aromatic rings. The number of para-hydroxylation sites is 1. The van der Waals surface area contributed by atoms with E-state index in [1.165, 1.54) is 16.4 Å². The molecule has 0 bridgehead atoms. The van der Waals surface area contributed by atoms with Crippen LogP contribution in [0, 0.1) is 0 Å². The number of rotatable bonds is 5. The standard InChI is InChI=1S/C22H24N4O3S/c1-2-25-13-15-26(16-14-25)30(28,29)19-10-8-18(9-11-19)23-22(27)21-12-7-17-5-3-4-6-20(17)24-21/h3-12H,2,13-16H2,1H3,(H,23,27). The summed E-state index contributed by atoms with van der Waals surface area (Å²) in [6.45, 7) is 5.45. The molecule has 1 aromatic heterocycles. The van der Waals surface area contributed by atoms with Crippen LogP contribution < -0.4 is 5.32 Å². The summed E-state index contributed by atoms with van der Waals surface area (Å²) >= 11 is 0. The molecular weight excluding hydrogens is 400 g/mol. The van der Waals surface area contributed by atoms with Gasteiger partial charge < -0.3 is 10.2 Å². The van der Waals surface area contributed by atoms with E-state index >= 15 is 0 Å². The fourth-order valence-electron chi connectivity index (χ4n) is 3.53. The van der Waals surface area contributed by atoms with Crippen molar-refractivity contribution in [3.05, 3.63) is 66.4 Å². The van der Waals surface area contributed by atoms with Crippen LogP contribution in [0.5, 0.6) is 0 Å². The number of anilines is 1. The molecule has 0 atom stereocenters. The van der Waals surface area contributed by atoms with Crippen LogP contribution in [-0.2, 0) is 10.0 Å². The fraction of sp³-hybridized carbons (Fsp3) is 0.273. The molecule has 0 saturated carbocycles. The second-order valence-corrected chi connectivity index (χ2v) is 9.14. The summed E-state index contributed by atoms with van der Waals surface area (Å²) in [5, 5.41) is 3.74. The molecule has 4 rings (SSSR count). The van der Waals surface area contributed by atoms with Gasteiger partial charge >= 0.3 is 0 Å². The van der Waals surface area contributed by atoms with Gasteiger partial charge in [-0.1, -0.05) is 31.2 Å². The van der Waals surface area contributed by atoms with Crippen molar-refractivity contribution in [2.24, 2.45) is 0 Å². The summed E-state index contributed by atoms with van der Waals surface area (Å²) in [6.07, 6.45) is 0. The number of hydrogen-bond acceptors (Lipinski definition) is 5. The van der Waals surface area contributed by atoms with Gasteiger partial charge in [-0.25, -0.2) is 13.4 Å². The molecular formula is C22H24N4O3S. The van der Waals surface area contributed by atoms with Gasteiger partial charge in [0.15, 0.2) is 0 Å². The zero-order valence-corrected chi connectivity index (χ0v) is 17.6. The third kappa shape index (κ3) is 4.21. The fourth-order valence-corrected chi connectivity index (χ4v) is 4.96. The Labute approximate surface area is 176 Å². The lowest BCUT2D eigenvalue weighted by Crippen LogP contribution is -2.48. The van der Waals surface area contributed by atoms with Gasteiger partial charge in [0, 0.05) is 37.3 Å². The van der Waals surface area contributed by atoms with Crippen molar-refractivity contribution in [3.63, 3.8) is 0 Å². The highest BCUT2D eigenvalue weighted by Gasteiger charge is 2.27. The van der Waals surface area contributed by atoms with E-state index in [9.17, 15) is 13.2 Å². The lowest BCUT2D eigenvalue weighted by atomic mass is 10.2. The molecule has 8 heteroatoms. The summed E-state index contributed by atoms with van der Waals surface area (Å²) in [6, 6.07) is 17.4. The number of fused-ring (bicyclic) bond motifs is 1. The second-order valence-electron chi connectivity index (χ2n) is 7.21. The predicted molar refractivity (Wildman–Crippen MR) is 117 cm³/mol. The Morgan fingerprint density at radius 3 is 2.37 bits per heavy atom. The molecule has 1 amide bonds.